The van der Waals surface area contributed by atoms with Crippen LogP contribution in [0.2, 0.25) is 13.1 Å². The fourth-order valence-corrected chi connectivity index (χ4v) is 7.61. The fraction of sp³-hybridized carbons (Fsp3) is 0.750. The lowest BCUT2D eigenvalue weighted by atomic mass is 10.3. The first kappa shape index (κ1) is 20.8. The third-order valence-corrected chi connectivity index (χ3v) is 9.70. The molecule has 0 radical (unpaired) electrons. The van der Waals surface area contributed by atoms with E-state index in [0.717, 1.165) is 26.1 Å². The molecule has 124 valence electrons. The first-order chi connectivity index (χ1) is 9.95. The molecule has 0 aromatic rings. The van der Waals surface area contributed by atoms with E-state index in [0.29, 0.717) is 0 Å². The normalized spacial score (nSPS) is 17.0. The number of unbranched alkanes of at least 4 members (excludes halogenated alkanes) is 4. The molecule has 0 aliphatic heterocycles. The first-order valence-electron chi connectivity index (χ1n) is 8.20. The van der Waals surface area contributed by atoms with Gasteiger partial charge < -0.3 is 13.0 Å². The molecule has 2 atom stereocenters. The van der Waals surface area contributed by atoms with Crippen molar-refractivity contribution in [1.82, 2.24) is 0 Å². The minimum atomic E-state index is -2.37. The highest BCUT2D eigenvalue weighted by Gasteiger charge is 2.39. The molecular weight excluding hydrogens is 296 g/mol. The highest BCUT2D eigenvalue weighted by Crippen LogP contribution is 2.20. The lowest BCUT2D eigenvalue weighted by molar-refractivity contribution is 0.197. The quantitative estimate of drug-likeness (QED) is 0.331. The van der Waals surface area contributed by atoms with Gasteiger partial charge in [-0.2, -0.15) is 0 Å². The van der Waals surface area contributed by atoms with E-state index >= 15 is 0 Å². The Bertz CT molecular complexity index is 271. The van der Waals surface area contributed by atoms with Crippen molar-refractivity contribution in [3.63, 3.8) is 0 Å². The van der Waals surface area contributed by atoms with Crippen molar-refractivity contribution in [2.24, 2.45) is 0 Å². The smallest absolute Gasteiger partial charge is 0.352 e. The van der Waals surface area contributed by atoms with E-state index in [9.17, 15) is 0 Å². The van der Waals surface area contributed by atoms with Gasteiger partial charge in [-0.25, -0.2) is 0 Å². The predicted octanol–water partition coefficient (Wildman–Crippen LogP) is 5.01. The number of rotatable bonds is 14. The van der Waals surface area contributed by atoms with Gasteiger partial charge in [0, 0.05) is 13.2 Å². The summed E-state index contributed by atoms with van der Waals surface area (Å²) in [5, 5.41) is 0. The summed E-state index contributed by atoms with van der Waals surface area (Å²) >= 11 is 0. The Hall–Kier alpha value is -0.206. The summed E-state index contributed by atoms with van der Waals surface area (Å²) in [5.41, 5.74) is 3.70. The van der Waals surface area contributed by atoms with Crippen LogP contribution in [0.1, 0.15) is 52.4 Å². The summed E-state index contributed by atoms with van der Waals surface area (Å²) in [5.74, 6) is 0. The van der Waals surface area contributed by atoms with Crippen LogP contribution >= 0.6 is 0 Å². The fourth-order valence-electron chi connectivity index (χ4n) is 1.92. The summed E-state index contributed by atoms with van der Waals surface area (Å²) in [6.07, 6.45) is 6.89. The Morgan fingerprint density at radius 1 is 0.762 bits per heavy atom. The van der Waals surface area contributed by atoms with Gasteiger partial charge in [0.25, 0.3) is 0 Å². The van der Waals surface area contributed by atoms with Crippen LogP contribution in [0, 0.1) is 0 Å². The molecule has 0 N–H and O–H groups in total. The molecule has 21 heavy (non-hydrogen) atoms. The van der Waals surface area contributed by atoms with Crippen molar-refractivity contribution < 1.29 is 13.0 Å². The Labute approximate surface area is 133 Å². The first-order valence-corrected chi connectivity index (χ1v) is 13.0. The molecule has 0 heterocycles. The molecule has 0 amide bonds. The van der Waals surface area contributed by atoms with E-state index in [4.69, 9.17) is 13.0 Å². The van der Waals surface area contributed by atoms with E-state index < -0.39 is 17.1 Å². The Balaban J connectivity index is 4.42. The second kappa shape index (κ2) is 11.4. The Morgan fingerprint density at radius 3 is 1.43 bits per heavy atom. The summed E-state index contributed by atoms with van der Waals surface area (Å²) in [6.45, 7) is 17.7. The zero-order valence-corrected chi connectivity index (χ0v) is 16.5. The molecule has 0 aromatic carbocycles. The molecule has 5 heteroatoms. The van der Waals surface area contributed by atoms with Gasteiger partial charge in [-0.3, -0.25) is 0 Å². The van der Waals surface area contributed by atoms with Crippen molar-refractivity contribution in [2.45, 2.75) is 65.5 Å². The van der Waals surface area contributed by atoms with E-state index in [1.807, 2.05) is 24.5 Å². The van der Waals surface area contributed by atoms with E-state index in [1.54, 1.807) is 0 Å². The van der Waals surface area contributed by atoms with Crippen LogP contribution in [0.25, 0.3) is 0 Å². The number of hydrogen-bond donors (Lipinski definition) is 0. The molecule has 0 saturated carbocycles. The Kier molecular flexibility index (Phi) is 11.3. The van der Waals surface area contributed by atoms with E-state index in [2.05, 4.69) is 27.0 Å². The van der Waals surface area contributed by atoms with E-state index in [1.165, 1.54) is 25.7 Å². The molecule has 0 aliphatic rings. The maximum atomic E-state index is 6.28. The lowest BCUT2D eigenvalue weighted by Crippen LogP contribution is -2.50. The minimum absolute atomic E-state index is 0.736. The van der Waals surface area contributed by atoms with Crippen molar-refractivity contribution in [3.05, 3.63) is 24.6 Å². The highest BCUT2D eigenvalue weighted by molar-refractivity contribution is 6.84. The second-order valence-corrected chi connectivity index (χ2v) is 11.9. The van der Waals surface area contributed by atoms with Crippen molar-refractivity contribution in [3.8, 4) is 0 Å². The third-order valence-electron chi connectivity index (χ3n) is 3.42. The highest BCUT2D eigenvalue weighted by atomic mass is 28.5. The standard InChI is InChI=1S/C16H34O3Si2/c1-7-11-13-15-17-20(5,9-3)19-21(6,10-4)18-16-14-12-8-2/h9-10H,3-4,7-8,11-16H2,1-2,5-6H3. The second-order valence-electron chi connectivity index (χ2n) is 5.65. The van der Waals surface area contributed by atoms with Crippen LogP contribution in [-0.4, -0.2) is 30.3 Å². The molecule has 0 aromatic heterocycles. The molecule has 0 fully saturated rings. The molecule has 2 unspecified atom stereocenters. The largest absolute Gasteiger partial charge is 0.409 e. The van der Waals surface area contributed by atoms with Gasteiger partial charge in [-0.1, -0.05) is 50.9 Å². The molecule has 0 saturated heterocycles. The van der Waals surface area contributed by atoms with Gasteiger partial charge in [-0.05, 0) is 25.9 Å². The van der Waals surface area contributed by atoms with Gasteiger partial charge in [0.1, 0.15) is 0 Å². The lowest BCUT2D eigenvalue weighted by Gasteiger charge is -2.33. The van der Waals surface area contributed by atoms with Gasteiger partial charge in [-0.15, -0.1) is 13.2 Å². The van der Waals surface area contributed by atoms with Crippen LogP contribution in [0.3, 0.4) is 0 Å². The van der Waals surface area contributed by atoms with Gasteiger partial charge in [0.05, 0.1) is 0 Å². The SMILES string of the molecule is C=C[Si](C)(OCCCCC)O[Si](C)(C=C)OCCCCC. The minimum Gasteiger partial charge on any atom is -0.409 e. The average molecular weight is 331 g/mol. The molecule has 0 spiro atoms. The van der Waals surface area contributed by atoms with Crippen molar-refractivity contribution in [1.29, 1.82) is 0 Å². The zero-order valence-electron chi connectivity index (χ0n) is 14.5. The van der Waals surface area contributed by atoms with Gasteiger partial charge >= 0.3 is 17.1 Å². The third kappa shape index (κ3) is 9.42. The van der Waals surface area contributed by atoms with Crippen LogP contribution in [0.4, 0.5) is 0 Å². The summed E-state index contributed by atoms with van der Waals surface area (Å²) in [6, 6.07) is 0. The summed E-state index contributed by atoms with van der Waals surface area (Å²) in [4.78, 5) is 0. The molecular formula is C16H34O3Si2. The van der Waals surface area contributed by atoms with Crippen molar-refractivity contribution >= 4 is 17.1 Å². The monoisotopic (exact) mass is 330 g/mol. The van der Waals surface area contributed by atoms with Crippen LogP contribution in [0.5, 0.6) is 0 Å². The maximum absolute atomic E-state index is 6.28. The number of hydrogen-bond acceptors (Lipinski definition) is 3. The van der Waals surface area contributed by atoms with Crippen LogP contribution in [0.15, 0.2) is 24.6 Å². The molecule has 0 aliphatic carbocycles. The van der Waals surface area contributed by atoms with Gasteiger partial charge in [0.2, 0.25) is 0 Å². The molecule has 0 bridgehead atoms. The van der Waals surface area contributed by atoms with Crippen LogP contribution in [-0.2, 0) is 13.0 Å². The zero-order chi connectivity index (χ0) is 16.2. The van der Waals surface area contributed by atoms with Crippen LogP contribution < -0.4 is 0 Å². The predicted molar refractivity (Wildman–Crippen MR) is 95.7 cm³/mol. The Morgan fingerprint density at radius 2 is 1.14 bits per heavy atom. The average Bonchev–Trinajstić information content (AvgIpc) is 2.48. The van der Waals surface area contributed by atoms with Gasteiger partial charge in [0.15, 0.2) is 0 Å². The van der Waals surface area contributed by atoms with Crippen molar-refractivity contribution in [2.75, 3.05) is 13.2 Å². The van der Waals surface area contributed by atoms with E-state index in [-0.39, 0.29) is 0 Å². The maximum Gasteiger partial charge on any atom is 0.352 e. The topological polar surface area (TPSA) is 27.7 Å². The summed E-state index contributed by atoms with van der Waals surface area (Å²) < 4.78 is 18.3. The summed E-state index contributed by atoms with van der Waals surface area (Å²) in [7, 11) is -4.74. The molecule has 0 rings (SSSR count). The molecule has 3 nitrogen and oxygen atoms in total.